The normalized spacial score (nSPS) is 16.4. The van der Waals surface area contributed by atoms with Crippen LogP contribution < -0.4 is 0 Å². The van der Waals surface area contributed by atoms with E-state index >= 15 is 0 Å². The van der Waals surface area contributed by atoms with Crippen molar-refractivity contribution in [2.24, 2.45) is 4.99 Å². The molecule has 1 unspecified atom stereocenters. The van der Waals surface area contributed by atoms with Gasteiger partial charge in [0.2, 0.25) is 0 Å². The molecule has 194 valence electrons. The Labute approximate surface area is 228 Å². The number of H-pyrrole nitrogens is 1. The molecule has 1 N–H and O–H groups in total. The number of benzene rings is 1. The van der Waals surface area contributed by atoms with Crippen molar-refractivity contribution in [2.45, 2.75) is 78.6 Å². The molecular formula is C31H41Cl2N3. The van der Waals surface area contributed by atoms with E-state index in [0.29, 0.717) is 5.92 Å². The summed E-state index contributed by atoms with van der Waals surface area (Å²) in [6.07, 6.45) is 15.9. The van der Waals surface area contributed by atoms with Gasteiger partial charge in [0.25, 0.3) is 0 Å². The van der Waals surface area contributed by atoms with Crippen LogP contribution in [0.5, 0.6) is 0 Å². The molecule has 0 bridgehead atoms. The number of hydrogen-bond acceptors (Lipinski definition) is 1. The summed E-state index contributed by atoms with van der Waals surface area (Å²) in [6.45, 7) is 10.8. The molecule has 1 aliphatic carbocycles. The Morgan fingerprint density at radius 3 is 2.53 bits per heavy atom. The third kappa shape index (κ3) is 8.42. The standard InChI is InChI=1S/C31H41Cl2N3/c1-5-7-19-36(20-9-8-10-25-11-15-27(32)16-12-25)31(34-22-23(3)6-2)29-21-30(35-24(29)4)26-13-17-28(33)18-14-26/h11-13,15-18,21-22,26,35H,5-10,14,19-20H2,1-4H3/b23-22-,34-31?. The van der Waals surface area contributed by atoms with E-state index in [1.165, 1.54) is 28.1 Å². The van der Waals surface area contributed by atoms with Crippen LogP contribution >= 0.6 is 23.2 Å². The van der Waals surface area contributed by atoms with E-state index < -0.39 is 0 Å². The molecule has 5 heteroatoms. The first kappa shape index (κ1) is 28.3. The van der Waals surface area contributed by atoms with Crippen molar-refractivity contribution in [3.05, 3.63) is 92.9 Å². The fraction of sp³-hybridized carbons (Fsp3) is 0.452. The van der Waals surface area contributed by atoms with Crippen LogP contribution in [0.1, 0.15) is 87.7 Å². The summed E-state index contributed by atoms with van der Waals surface area (Å²) in [6, 6.07) is 10.5. The first-order valence-corrected chi connectivity index (χ1v) is 14.1. The van der Waals surface area contributed by atoms with Crippen molar-refractivity contribution >= 4 is 29.0 Å². The molecule has 1 heterocycles. The highest BCUT2D eigenvalue weighted by atomic mass is 35.5. The van der Waals surface area contributed by atoms with Crippen molar-refractivity contribution in [2.75, 3.05) is 13.1 Å². The lowest BCUT2D eigenvalue weighted by atomic mass is 9.97. The number of halogens is 2. The molecule has 0 saturated heterocycles. The van der Waals surface area contributed by atoms with Crippen molar-refractivity contribution < 1.29 is 0 Å². The number of allylic oxidation sites excluding steroid dienone is 5. The lowest BCUT2D eigenvalue weighted by Gasteiger charge is -2.26. The van der Waals surface area contributed by atoms with Gasteiger partial charge in [-0.1, -0.05) is 73.3 Å². The van der Waals surface area contributed by atoms with E-state index in [4.69, 9.17) is 28.2 Å². The SMILES string of the molecule is CCCCN(CCCCc1ccc(Cl)cc1)C(=N/C=C(/C)CC)c1cc(C2C=CC(Cl)=CC2)[nH]c1C. The minimum absolute atomic E-state index is 0.317. The monoisotopic (exact) mass is 525 g/mol. The molecule has 0 saturated carbocycles. The summed E-state index contributed by atoms with van der Waals surface area (Å²) in [5.41, 5.74) is 6.22. The van der Waals surface area contributed by atoms with Crippen LogP contribution in [0.3, 0.4) is 0 Å². The van der Waals surface area contributed by atoms with Crippen LogP contribution in [0, 0.1) is 6.92 Å². The Morgan fingerprint density at radius 2 is 1.86 bits per heavy atom. The third-order valence-electron chi connectivity index (χ3n) is 6.83. The average Bonchev–Trinajstić information content (AvgIpc) is 3.27. The van der Waals surface area contributed by atoms with E-state index in [0.717, 1.165) is 73.9 Å². The predicted octanol–water partition coefficient (Wildman–Crippen LogP) is 9.33. The molecule has 0 amide bonds. The van der Waals surface area contributed by atoms with Crippen LogP contribution in [0.25, 0.3) is 0 Å². The summed E-state index contributed by atoms with van der Waals surface area (Å²) < 4.78 is 0. The maximum Gasteiger partial charge on any atom is 0.137 e. The van der Waals surface area contributed by atoms with Crippen LogP contribution in [0.4, 0.5) is 0 Å². The smallest absolute Gasteiger partial charge is 0.137 e. The van der Waals surface area contributed by atoms with Gasteiger partial charge < -0.3 is 9.88 Å². The Hall–Kier alpha value is -2.23. The number of hydrogen-bond donors (Lipinski definition) is 1. The molecule has 2 aromatic rings. The van der Waals surface area contributed by atoms with Gasteiger partial charge in [0.05, 0.1) is 0 Å². The zero-order chi connectivity index (χ0) is 25.9. The van der Waals surface area contributed by atoms with Gasteiger partial charge in [-0.2, -0.15) is 0 Å². The van der Waals surface area contributed by atoms with E-state index in [-0.39, 0.29) is 0 Å². The molecule has 1 aromatic heterocycles. The Kier molecular flexibility index (Phi) is 11.4. The molecule has 1 aromatic carbocycles. The summed E-state index contributed by atoms with van der Waals surface area (Å²) in [4.78, 5) is 11.2. The Balaban J connectivity index is 1.81. The number of rotatable bonds is 12. The van der Waals surface area contributed by atoms with Crippen LogP contribution in [-0.2, 0) is 6.42 Å². The minimum atomic E-state index is 0.317. The number of aromatic nitrogens is 1. The maximum atomic E-state index is 6.16. The van der Waals surface area contributed by atoms with Gasteiger partial charge in [-0.15, -0.1) is 0 Å². The summed E-state index contributed by atoms with van der Waals surface area (Å²) in [5.74, 6) is 1.40. The van der Waals surface area contributed by atoms with Crippen LogP contribution in [0.15, 0.2) is 70.4 Å². The lowest BCUT2D eigenvalue weighted by molar-refractivity contribution is 0.395. The van der Waals surface area contributed by atoms with Gasteiger partial charge in [-0.05, 0) is 82.2 Å². The number of unbranched alkanes of at least 4 members (excludes halogenated alkanes) is 2. The molecule has 0 spiro atoms. The molecule has 0 radical (unpaired) electrons. The summed E-state index contributed by atoms with van der Waals surface area (Å²) >= 11 is 12.2. The topological polar surface area (TPSA) is 31.4 Å². The number of aryl methyl sites for hydroxylation is 2. The molecular weight excluding hydrogens is 485 g/mol. The van der Waals surface area contributed by atoms with E-state index in [1.54, 1.807) is 0 Å². The maximum absolute atomic E-state index is 6.16. The molecule has 1 aliphatic rings. The van der Waals surface area contributed by atoms with Gasteiger partial charge >= 0.3 is 0 Å². The third-order valence-corrected chi connectivity index (χ3v) is 7.37. The first-order valence-electron chi connectivity index (χ1n) is 13.4. The Morgan fingerprint density at radius 1 is 1.11 bits per heavy atom. The minimum Gasteiger partial charge on any atom is -0.361 e. The number of aromatic amines is 1. The number of aliphatic imine (C=N–C) groups is 1. The molecule has 3 rings (SSSR count). The number of amidine groups is 1. The molecule has 0 aliphatic heterocycles. The van der Waals surface area contributed by atoms with Gasteiger partial charge in [-0.3, -0.25) is 0 Å². The first-order chi connectivity index (χ1) is 17.4. The van der Waals surface area contributed by atoms with Crippen molar-refractivity contribution in [3.63, 3.8) is 0 Å². The molecule has 36 heavy (non-hydrogen) atoms. The molecule has 1 atom stereocenters. The van der Waals surface area contributed by atoms with Crippen LogP contribution in [0.2, 0.25) is 5.02 Å². The Bertz CT molecular complexity index is 1090. The van der Waals surface area contributed by atoms with Crippen LogP contribution in [-0.4, -0.2) is 28.8 Å². The van der Waals surface area contributed by atoms with E-state index in [1.807, 2.05) is 18.2 Å². The van der Waals surface area contributed by atoms with Gasteiger partial charge in [-0.25, -0.2) is 4.99 Å². The largest absolute Gasteiger partial charge is 0.361 e. The quantitative estimate of drug-likeness (QED) is 0.167. The van der Waals surface area contributed by atoms with Crippen molar-refractivity contribution in [1.82, 2.24) is 9.88 Å². The fourth-order valence-electron chi connectivity index (χ4n) is 4.38. The van der Waals surface area contributed by atoms with Crippen molar-refractivity contribution in [3.8, 4) is 0 Å². The predicted molar refractivity (Wildman–Crippen MR) is 157 cm³/mol. The average molecular weight is 527 g/mol. The van der Waals surface area contributed by atoms with Gasteiger partial charge in [0.15, 0.2) is 0 Å². The zero-order valence-electron chi connectivity index (χ0n) is 22.3. The fourth-order valence-corrected chi connectivity index (χ4v) is 4.67. The van der Waals surface area contributed by atoms with Gasteiger partial charge in [0.1, 0.15) is 5.84 Å². The van der Waals surface area contributed by atoms with Gasteiger partial charge in [0, 0.05) is 52.2 Å². The lowest BCUT2D eigenvalue weighted by Crippen LogP contribution is -2.34. The highest BCUT2D eigenvalue weighted by Gasteiger charge is 2.20. The van der Waals surface area contributed by atoms with E-state index in [2.05, 4.69) is 74.1 Å². The highest BCUT2D eigenvalue weighted by Crippen LogP contribution is 2.29. The highest BCUT2D eigenvalue weighted by molar-refractivity contribution is 6.31. The second-order valence-corrected chi connectivity index (χ2v) is 10.6. The zero-order valence-corrected chi connectivity index (χ0v) is 23.8. The second-order valence-electron chi connectivity index (χ2n) is 9.76. The molecule has 3 nitrogen and oxygen atoms in total. The summed E-state index contributed by atoms with van der Waals surface area (Å²) in [7, 11) is 0. The number of nitrogens with one attached hydrogen (secondary N) is 1. The molecule has 0 fully saturated rings. The second kappa shape index (κ2) is 14.5. The van der Waals surface area contributed by atoms with E-state index in [9.17, 15) is 0 Å². The number of nitrogens with zero attached hydrogens (tertiary/aromatic N) is 2. The van der Waals surface area contributed by atoms with Crippen molar-refractivity contribution in [1.29, 1.82) is 0 Å². The summed E-state index contributed by atoms with van der Waals surface area (Å²) in [5, 5.41) is 1.62.